The molecule has 2 aromatic rings. The molecule has 2 aliphatic rings. The van der Waals surface area contributed by atoms with E-state index in [0.717, 1.165) is 43.9 Å². The minimum Gasteiger partial charge on any atom is -0.290 e. The minimum absolute atomic E-state index is 0.0463. The third kappa shape index (κ3) is 3.61. The molecule has 134 valence electrons. The number of hydrogen-bond acceptors (Lipinski definition) is 6. The molecular formula is C17H23N5O2S. The second kappa shape index (κ2) is 7.23. The molecule has 2 aromatic heterocycles. The van der Waals surface area contributed by atoms with Crippen LogP contribution in [0.25, 0.3) is 0 Å². The van der Waals surface area contributed by atoms with Crippen molar-refractivity contribution in [1.29, 1.82) is 0 Å². The van der Waals surface area contributed by atoms with E-state index < -0.39 is 0 Å². The maximum Gasteiger partial charge on any atom is 0.248 e. The van der Waals surface area contributed by atoms with Crippen molar-refractivity contribution in [2.24, 2.45) is 0 Å². The highest BCUT2D eigenvalue weighted by Gasteiger charge is 2.30. The van der Waals surface area contributed by atoms with Crippen molar-refractivity contribution >= 4 is 17.2 Å². The Hall–Kier alpha value is -1.77. The molecule has 7 nitrogen and oxygen atoms in total. The first-order valence-corrected chi connectivity index (χ1v) is 9.65. The minimum atomic E-state index is 0.0463. The standard InChI is InChI=1S/C17H23N5O2S/c1-13-16(25-12-18-13)11-20-9-14-4-5-19-22(14)15(10-20)8-17(23)21-6-2-3-7-24-21/h4-5,12,15H,2-3,6-11H2,1H3. The number of aryl methyl sites for hydroxylation is 1. The summed E-state index contributed by atoms with van der Waals surface area (Å²) in [4.78, 5) is 26.1. The van der Waals surface area contributed by atoms with Crippen LogP contribution in [0.15, 0.2) is 17.8 Å². The smallest absolute Gasteiger partial charge is 0.248 e. The molecule has 25 heavy (non-hydrogen) atoms. The predicted octanol–water partition coefficient (Wildman–Crippen LogP) is 2.15. The van der Waals surface area contributed by atoms with Gasteiger partial charge in [-0.3, -0.25) is 19.2 Å². The highest BCUT2D eigenvalue weighted by atomic mass is 32.1. The zero-order valence-corrected chi connectivity index (χ0v) is 15.2. The second-order valence-electron chi connectivity index (χ2n) is 6.69. The fourth-order valence-corrected chi connectivity index (χ4v) is 4.33. The quantitative estimate of drug-likeness (QED) is 0.835. The van der Waals surface area contributed by atoms with Crippen molar-refractivity contribution in [2.75, 3.05) is 19.7 Å². The molecule has 0 bridgehead atoms. The van der Waals surface area contributed by atoms with Gasteiger partial charge in [-0.15, -0.1) is 11.3 Å². The van der Waals surface area contributed by atoms with Gasteiger partial charge in [0.2, 0.25) is 5.91 Å². The monoisotopic (exact) mass is 361 g/mol. The van der Waals surface area contributed by atoms with Crippen molar-refractivity contribution in [3.63, 3.8) is 0 Å². The second-order valence-corrected chi connectivity index (χ2v) is 7.63. The Morgan fingerprint density at radius 3 is 3.12 bits per heavy atom. The number of carbonyl (C=O) groups is 1. The summed E-state index contributed by atoms with van der Waals surface area (Å²) < 4.78 is 2.01. The van der Waals surface area contributed by atoms with E-state index >= 15 is 0 Å². The summed E-state index contributed by atoms with van der Waals surface area (Å²) in [6, 6.07) is 2.09. The zero-order valence-electron chi connectivity index (χ0n) is 14.4. The van der Waals surface area contributed by atoms with Gasteiger partial charge in [0.15, 0.2) is 0 Å². The third-order valence-corrected chi connectivity index (χ3v) is 5.78. The molecule has 4 heterocycles. The molecule has 1 unspecified atom stereocenters. The van der Waals surface area contributed by atoms with Crippen LogP contribution in [0.4, 0.5) is 0 Å². The molecule has 0 aromatic carbocycles. The molecule has 0 spiro atoms. The van der Waals surface area contributed by atoms with Gasteiger partial charge in [-0.25, -0.2) is 10.0 Å². The van der Waals surface area contributed by atoms with Crippen molar-refractivity contribution in [3.05, 3.63) is 34.0 Å². The largest absolute Gasteiger partial charge is 0.290 e. The molecule has 1 fully saturated rings. The molecular weight excluding hydrogens is 338 g/mol. The fraction of sp³-hybridized carbons (Fsp3) is 0.588. The van der Waals surface area contributed by atoms with Crippen LogP contribution in [0.1, 0.15) is 41.6 Å². The van der Waals surface area contributed by atoms with Gasteiger partial charge in [-0.2, -0.15) is 5.10 Å². The molecule has 0 radical (unpaired) electrons. The average molecular weight is 361 g/mol. The molecule has 1 atom stereocenters. The Kier molecular flexibility index (Phi) is 4.82. The van der Waals surface area contributed by atoms with E-state index in [1.807, 2.05) is 22.5 Å². The van der Waals surface area contributed by atoms with Crippen LogP contribution >= 0.6 is 11.3 Å². The van der Waals surface area contributed by atoms with Crippen LogP contribution in [0.5, 0.6) is 0 Å². The van der Waals surface area contributed by atoms with Crippen LogP contribution in [0, 0.1) is 6.92 Å². The number of nitrogens with zero attached hydrogens (tertiary/aromatic N) is 5. The van der Waals surface area contributed by atoms with Gasteiger partial charge in [0.05, 0.1) is 36.0 Å². The van der Waals surface area contributed by atoms with Gasteiger partial charge in [0, 0.05) is 37.3 Å². The number of hydroxylamine groups is 2. The summed E-state index contributed by atoms with van der Waals surface area (Å²) in [5.74, 6) is 0.0574. The van der Waals surface area contributed by atoms with Crippen molar-refractivity contribution in [1.82, 2.24) is 24.7 Å². The number of fused-ring (bicyclic) bond motifs is 1. The highest BCUT2D eigenvalue weighted by Crippen LogP contribution is 2.26. The fourth-order valence-electron chi connectivity index (χ4n) is 3.51. The summed E-state index contributed by atoms with van der Waals surface area (Å²) in [7, 11) is 0. The Morgan fingerprint density at radius 1 is 1.44 bits per heavy atom. The molecule has 8 heteroatoms. The van der Waals surface area contributed by atoms with Crippen LogP contribution in [0.2, 0.25) is 0 Å². The lowest BCUT2D eigenvalue weighted by atomic mass is 10.1. The summed E-state index contributed by atoms with van der Waals surface area (Å²) >= 11 is 1.69. The maximum absolute atomic E-state index is 12.6. The SMILES string of the molecule is Cc1ncsc1CN1Cc2ccnn2C(CC(=O)N2CCCCO2)C1. The lowest BCUT2D eigenvalue weighted by Gasteiger charge is -2.34. The lowest BCUT2D eigenvalue weighted by Crippen LogP contribution is -2.42. The van der Waals surface area contributed by atoms with E-state index in [2.05, 4.69) is 21.9 Å². The Labute approximate surface area is 151 Å². The van der Waals surface area contributed by atoms with E-state index in [0.29, 0.717) is 19.6 Å². The Balaban J connectivity index is 1.47. The molecule has 4 rings (SSSR count). The number of aromatic nitrogens is 3. The average Bonchev–Trinajstić information content (AvgIpc) is 3.25. The van der Waals surface area contributed by atoms with Gasteiger partial charge < -0.3 is 0 Å². The van der Waals surface area contributed by atoms with Gasteiger partial charge >= 0.3 is 0 Å². The molecule has 1 saturated heterocycles. The highest BCUT2D eigenvalue weighted by molar-refractivity contribution is 7.09. The van der Waals surface area contributed by atoms with E-state index in [1.54, 1.807) is 16.4 Å². The normalized spacial score (nSPS) is 21.3. The molecule has 0 saturated carbocycles. The summed E-state index contributed by atoms with van der Waals surface area (Å²) in [5.41, 5.74) is 4.15. The van der Waals surface area contributed by atoms with Gasteiger partial charge in [0.25, 0.3) is 0 Å². The van der Waals surface area contributed by atoms with Gasteiger partial charge in [-0.05, 0) is 25.8 Å². The predicted molar refractivity (Wildman–Crippen MR) is 93.7 cm³/mol. The number of thiazole rings is 1. The van der Waals surface area contributed by atoms with E-state index in [9.17, 15) is 4.79 Å². The van der Waals surface area contributed by atoms with E-state index in [-0.39, 0.29) is 11.9 Å². The van der Waals surface area contributed by atoms with Crippen LogP contribution in [0.3, 0.4) is 0 Å². The van der Waals surface area contributed by atoms with Gasteiger partial charge in [-0.1, -0.05) is 0 Å². The van der Waals surface area contributed by atoms with Gasteiger partial charge in [0.1, 0.15) is 0 Å². The molecule has 2 aliphatic heterocycles. The number of amides is 1. The third-order valence-electron chi connectivity index (χ3n) is 4.86. The van der Waals surface area contributed by atoms with E-state index in [1.165, 1.54) is 4.88 Å². The molecule has 1 amide bonds. The Morgan fingerprint density at radius 2 is 2.36 bits per heavy atom. The summed E-state index contributed by atoms with van der Waals surface area (Å²) in [6.07, 6.45) is 4.29. The van der Waals surface area contributed by atoms with Crippen molar-refractivity contribution in [3.8, 4) is 0 Å². The maximum atomic E-state index is 12.6. The lowest BCUT2D eigenvalue weighted by molar-refractivity contribution is -0.198. The molecule has 0 aliphatic carbocycles. The van der Waals surface area contributed by atoms with Crippen molar-refractivity contribution < 1.29 is 9.63 Å². The first kappa shape index (κ1) is 16.7. The number of hydrogen-bond donors (Lipinski definition) is 0. The van der Waals surface area contributed by atoms with E-state index in [4.69, 9.17) is 4.84 Å². The summed E-state index contributed by atoms with van der Waals surface area (Å²) in [6.45, 7) is 5.91. The topological polar surface area (TPSA) is 63.5 Å². The van der Waals surface area contributed by atoms with Crippen molar-refractivity contribution in [2.45, 2.75) is 45.3 Å². The van der Waals surface area contributed by atoms with Crippen LogP contribution < -0.4 is 0 Å². The van der Waals surface area contributed by atoms with Crippen LogP contribution in [-0.2, 0) is 22.7 Å². The number of rotatable bonds is 4. The zero-order chi connectivity index (χ0) is 17.2. The Bertz CT molecular complexity index is 737. The molecule has 0 N–H and O–H groups in total. The summed E-state index contributed by atoms with van der Waals surface area (Å²) in [5, 5.41) is 5.99. The number of carbonyl (C=O) groups excluding carboxylic acids is 1. The van der Waals surface area contributed by atoms with Crippen LogP contribution in [-0.4, -0.2) is 50.3 Å². The first-order valence-electron chi connectivity index (χ1n) is 8.77. The first-order chi connectivity index (χ1) is 12.2.